The number of pyridine rings is 1. The van der Waals surface area contributed by atoms with Gasteiger partial charge in [-0.2, -0.15) is 0 Å². The molecule has 0 fully saturated rings. The molecule has 2 rings (SSSR count). The second-order valence-electron chi connectivity index (χ2n) is 5.56. The third-order valence-corrected chi connectivity index (χ3v) is 5.38. The van der Waals surface area contributed by atoms with E-state index in [1.165, 1.54) is 0 Å². The van der Waals surface area contributed by atoms with Gasteiger partial charge in [0.25, 0.3) is 0 Å². The molecule has 1 N–H and O–H groups in total. The average Bonchev–Trinajstić information content (AvgIpc) is 2.99. The lowest BCUT2D eigenvalue weighted by molar-refractivity contribution is 0.194. The van der Waals surface area contributed by atoms with E-state index in [0.29, 0.717) is 12.4 Å². The molecular weight excluding hydrogens is 324 g/mol. The van der Waals surface area contributed by atoms with Crippen LogP contribution in [0, 0.1) is 6.92 Å². The van der Waals surface area contributed by atoms with Crippen LogP contribution in [0.4, 0.5) is 4.79 Å². The maximum Gasteiger partial charge on any atom is 0.317 e. The molecule has 0 aliphatic rings. The molecule has 0 aliphatic heterocycles. The topological polar surface area (TPSA) is 67.4 Å². The molecule has 0 aromatic carbocycles. The number of thiazole rings is 1. The number of hydrogen-bond acceptors (Lipinski definition) is 5. The highest BCUT2D eigenvalue weighted by Crippen LogP contribution is 2.28. The van der Waals surface area contributed by atoms with Crippen molar-refractivity contribution >= 4 is 17.4 Å². The fourth-order valence-corrected chi connectivity index (χ4v) is 3.43. The number of urea groups is 1. The molecule has 0 radical (unpaired) electrons. The summed E-state index contributed by atoms with van der Waals surface area (Å²) in [5.74, 6) is 0.538. The number of nitrogens with zero attached hydrogens (tertiary/aromatic N) is 3. The molecular formula is C17H24N4O2S. The van der Waals surface area contributed by atoms with Gasteiger partial charge in [0.2, 0.25) is 5.88 Å². The molecule has 0 aliphatic carbocycles. The van der Waals surface area contributed by atoms with Gasteiger partial charge in [0.1, 0.15) is 0 Å². The molecule has 130 valence electrons. The second-order valence-corrected chi connectivity index (χ2v) is 6.68. The fraction of sp³-hybridized carbons (Fsp3) is 0.471. The summed E-state index contributed by atoms with van der Waals surface area (Å²) in [6.07, 6.45) is 2.58. The summed E-state index contributed by atoms with van der Waals surface area (Å²) < 4.78 is 5.09. The zero-order valence-electron chi connectivity index (χ0n) is 14.8. The van der Waals surface area contributed by atoms with Crippen molar-refractivity contribution in [2.24, 2.45) is 0 Å². The monoisotopic (exact) mass is 348 g/mol. The molecule has 24 heavy (non-hydrogen) atoms. The summed E-state index contributed by atoms with van der Waals surface area (Å²) in [6.45, 7) is 6.54. The number of methoxy groups -OCH3 is 1. The van der Waals surface area contributed by atoms with Crippen molar-refractivity contribution in [2.75, 3.05) is 14.2 Å². The molecule has 2 aromatic rings. The third kappa shape index (κ3) is 4.23. The highest BCUT2D eigenvalue weighted by atomic mass is 32.1. The van der Waals surface area contributed by atoms with Gasteiger partial charge in [-0.05, 0) is 31.9 Å². The molecule has 7 heteroatoms. The molecule has 1 atom stereocenters. The highest BCUT2D eigenvalue weighted by molar-refractivity contribution is 7.11. The summed E-state index contributed by atoms with van der Waals surface area (Å²) in [5.41, 5.74) is 1.95. The first-order valence-corrected chi connectivity index (χ1v) is 8.73. The molecule has 0 saturated carbocycles. The second kappa shape index (κ2) is 8.10. The van der Waals surface area contributed by atoms with Crippen molar-refractivity contribution in [1.82, 2.24) is 20.2 Å². The van der Waals surface area contributed by atoms with Gasteiger partial charge in [-0.15, -0.1) is 11.3 Å². The minimum atomic E-state index is -0.121. The number of aromatic nitrogens is 2. The number of aryl methyl sites for hydroxylation is 2. The normalized spacial score (nSPS) is 11.9. The van der Waals surface area contributed by atoms with E-state index in [1.807, 2.05) is 26.0 Å². The first kappa shape index (κ1) is 18.2. The number of ether oxygens (including phenoxy) is 1. The lowest BCUT2D eigenvalue weighted by atomic mass is 10.2. The van der Waals surface area contributed by atoms with Crippen molar-refractivity contribution in [1.29, 1.82) is 0 Å². The van der Waals surface area contributed by atoms with E-state index in [9.17, 15) is 4.79 Å². The van der Waals surface area contributed by atoms with E-state index in [1.54, 1.807) is 36.6 Å². The van der Waals surface area contributed by atoms with Crippen molar-refractivity contribution in [3.05, 3.63) is 39.5 Å². The lowest BCUT2D eigenvalue weighted by Crippen LogP contribution is -2.38. The van der Waals surface area contributed by atoms with Crippen LogP contribution in [0.5, 0.6) is 5.88 Å². The largest absolute Gasteiger partial charge is 0.481 e. The summed E-state index contributed by atoms with van der Waals surface area (Å²) in [7, 11) is 3.38. The quantitative estimate of drug-likeness (QED) is 0.869. The van der Waals surface area contributed by atoms with Gasteiger partial charge in [0, 0.05) is 30.7 Å². The number of nitrogens with one attached hydrogen (secondary N) is 1. The van der Waals surface area contributed by atoms with Gasteiger partial charge in [-0.25, -0.2) is 14.8 Å². The number of rotatable bonds is 6. The van der Waals surface area contributed by atoms with E-state index in [2.05, 4.69) is 22.2 Å². The van der Waals surface area contributed by atoms with Crippen LogP contribution in [-0.2, 0) is 13.0 Å². The van der Waals surface area contributed by atoms with E-state index >= 15 is 0 Å². The van der Waals surface area contributed by atoms with Crippen molar-refractivity contribution in [2.45, 2.75) is 39.8 Å². The Morgan fingerprint density at radius 3 is 2.88 bits per heavy atom. The Bertz CT molecular complexity index is 702. The molecule has 0 bridgehead atoms. The van der Waals surface area contributed by atoms with Gasteiger partial charge >= 0.3 is 6.03 Å². The van der Waals surface area contributed by atoms with Crippen molar-refractivity contribution < 1.29 is 9.53 Å². The van der Waals surface area contributed by atoms with Gasteiger partial charge in [0.05, 0.1) is 23.9 Å². The van der Waals surface area contributed by atoms with Crippen LogP contribution in [0.25, 0.3) is 0 Å². The van der Waals surface area contributed by atoms with E-state index in [0.717, 1.165) is 27.6 Å². The average molecular weight is 348 g/mol. The molecule has 2 amide bonds. The molecule has 2 heterocycles. The SMILES string of the molecule is CCc1nc(C)c(C(C)N(C)C(=O)NCc2ccnc(OC)c2)s1. The van der Waals surface area contributed by atoms with Gasteiger partial charge < -0.3 is 15.0 Å². The summed E-state index contributed by atoms with van der Waals surface area (Å²) in [4.78, 5) is 23.9. The Labute approximate surface area is 146 Å². The van der Waals surface area contributed by atoms with Gasteiger partial charge in [0.15, 0.2) is 0 Å². The Balaban J connectivity index is 1.99. The lowest BCUT2D eigenvalue weighted by Gasteiger charge is -2.24. The van der Waals surface area contributed by atoms with E-state index in [-0.39, 0.29) is 12.1 Å². The standard InChI is InChI=1S/C17H24N4O2S/c1-6-15-20-11(2)16(24-15)12(3)21(4)17(22)19-10-13-7-8-18-14(9-13)23-5/h7-9,12H,6,10H2,1-5H3,(H,19,22). The van der Waals surface area contributed by atoms with Crippen LogP contribution < -0.4 is 10.1 Å². The van der Waals surface area contributed by atoms with Crippen molar-refractivity contribution in [3.8, 4) is 5.88 Å². The van der Waals surface area contributed by atoms with Crippen LogP contribution in [0.2, 0.25) is 0 Å². The number of carbonyl (C=O) groups is 1. The minimum absolute atomic E-state index is 0.0187. The van der Waals surface area contributed by atoms with Gasteiger partial charge in [-0.1, -0.05) is 6.92 Å². The zero-order chi connectivity index (χ0) is 17.7. The number of carbonyl (C=O) groups excluding carboxylic acids is 1. The van der Waals surface area contributed by atoms with Crippen LogP contribution in [-0.4, -0.2) is 35.1 Å². The van der Waals surface area contributed by atoms with Crippen LogP contribution in [0.1, 0.15) is 41.0 Å². The third-order valence-electron chi connectivity index (χ3n) is 3.91. The van der Waals surface area contributed by atoms with Crippen LogP contribution in [0.15, 0.2) is 18.3 Å². The zero-order valence-corrected chi connectivity index (χ0v) is 15.6. The Morgan fingerprint density at radius 2 is 2.25 bits per heavy atom. The molecule has 2 aromatic heterocycles. The van der Waals surface area contributed by atoms with E-state index in [4.69, 9.17) is 4.74 Å². The summed E-state index contributed by atoms with van der Waals surface area (Å²) in [5, 5.41) is 4.03. The predicted molar refractivity (Wildman–Crippen MR) is 95.4 cm³/mol. The minimum Gasteiger partial charge on any atom is -0.481 e. The smallest absolute Gasteiger partial charge is 0.317 e. The Morgan fingerprint density at radius 1 is 1.50 bits per heavy atom. The fourth-order valence-electron chi connectivity index (χ4n) is 2.33. The molecule has 6 nitrogen and oxygen atoms in total. The van der Waals surface area contributed by atoms with Crippen LogP contribution in [0.3, 0.4) is 0 Å². The maximum atomic E-state index is 12.4. The first-order chi connectivity index (χ1) is 11.5. The predicted octanol–water partition coefficient (Wildman–Crippen LogP) is 3.32. The maximum absolute atomic E-state index is 12.4. The Kier molecular flexibility index (Phi) is 6.14. The Hall–Kier alpha value is -2.15. The molecule has 0 saturated heterocycles. The van der Waals surface area contributed by atoms with Crippen molar-refractivity contribution in [3.63, 3.8) is 0 Å². The first-order valence-electron chi connectivity index (χ1n) is 7.92. The highest BCUT2D eigenvalue weighted by Gasteiger charge is 2.21. The van der Waals surface area contributed by atoms with Gasteiger partial charge in [-0.3, -0.25) is 0 Å². The molecule has 1 unspecified atom stereocenters. The number of hydrogen-bond donors (Lipinski definition) is 1. The molecule has 0 spiro atoms. The van der Waals surface area contributed by atoms with E-state index < -0.39 is 0 Å². The number of amides is 2. The summed E-state index contributed by atoms with van der Waals surface area (Å²) in [6, 6.07) is 3.52. The van der Waals surface area contributed by atoms with Crippen LogP contribution >= 0.6 is 11.3 Å². The summed E-state index contributed by atoms with van der Waals surface area (Å²) >= 11 is 1.68.